The molecule has 1 aromatic carbocycles. The number of rotatable bonds is 5. The predicted octanol–water partition coefficient (Wildman–Crippen LogP) is -0.600. The van der Waals surface area contributed by atoms with E-state index in [1.807, 2.05) is 0 Å². The summed E-state index contributed by atoms with van der Waals surface area (Å²) in [6, 6.07) is 4.88. The fraction of sp³-hybridized carbons (Fsp3) is 0.450. The molecule has 6 N–H and O–H groups in total. The molecule has 0 radical (unpaired) electrons. The number of hydrogen-bond acceptors (Lipinski definition) is 8. The summed E-state index contributed by atoms with van der Waals surface area (Å²) in [6.45, 7) is -0.655. The van der Waals surface area contributed by atoms with E-state index in [9.17, 15) is 35.4 Å². The zero-order chi connectivity index (χ0) is 20.5. The first-order valence-electron chi connectivity index (χ1n) is 9.05. The van der Waals surface area contributed by atoms with Crippen LogP contribution in [0, 0.1) is 0 Å². The summed E-state index contributed by atoms with van der Waals surface area (Å²) in [7, 11) is 0. The zero-order valence-corrected chi connectivity index (χ0v) is 15.1. The van der Waals surface area contributed by atoms with Gasteiger partial charge in [0.15, 0.2) is 11.6 Å². The van der Waals surface area contributed by atoms with Crippen LogP contribution in [0.1, 0.15) is 24.0 Å². The number of carbonyl (C=O) groups excluding carboxylic acids is 1. The van der Waals surface area contributed by atoms with Crippen molar-refractivity contribution >= 4 is 11.4 Å². The molecule has 28 heavy (non-hydrogen) atoms. The Balaban J connectivity index is 1.81. The second-order valence-electron chi connectivity index (χ2n) is 7.06. The Morgan fingerprint density at radius 1 is 1.18 bits per heavy atom. The number of aryl methyl sites for hydroxylation is 1. The highest BCUT2D eigenvalue weighted by atomic mass is 16.7. The quantitative estimate of drug-likeness (QED) is 0.389. The Hall–Kier alpha value is -2.07. The molecule has 1 saturated heterocycles. The molecule has 1 aromatic rings. The Morgan fingerprint density at radius 3 is 2.61 bits per heavy atom. The van der Waals surface area contributed by atoms with E-state index in [0.717, 1.165) is 0 Å². The minimum Gasteiger partial charge on any atom is -0.507 e. The van der Waals surface area contributed by atoms with Crippen LogP contribution in [0.5, 0.6) is 5.75 Å². The van der Waals surface area contributed by atoms with E-state index in [-0.39, 0.29) is 30.8 Å². The third-order valence-electron chi connectivity index (χ3n) is 5.22. The van der Waals surface area contributed by atoms with Gasteiger partial charge >= 0.3 is 0 Å². The highest BCUT2D eigenvalue weighted by Gasteiger charge is 2.52. The molecule has 152 valence electrons. The SMILES string of the molecule is O=C1CC=CC=C1c1cccc(CC[C@]2(O)O[C@H](CO)[C@@H](O)[C@H](O)[C@@H]2O)c1O. The lowest BCUT2D eigenvalue weighted by atomic mass is 9.88. The summed E-state index contributed by atoms with van der Waals surface area (Å²) in [4.78, 5) is 12.1. The molecule has 0 saturated carbocycles. The van der Waals surface area contributed by atoms with E-state index < -0.39 is 36.8 Å². The summed E-state index contributed by atoms with van der Waals surface area (Å²) >= 11 is 0. The Kier molecular flexibility index (Phi) is 5.99. The number of phenolic OH excluding ortho intramolecular Hbond substituents is 1. The van der Waals surface area contributed by atoms with Gasteiger partial charge in [0.1, 0.15) is 30.2 Å². The second kappa shape index (κ2) is 8.12. The van der Waals surface area contributed by atoms with Crippen LogP contribution in [0.25, 0.3) is 5.57 Å². The normalized spacial score (nSPS) is 33.0. The van der Waals surface area contributed by atoms with Crippen molar-refractivity contribution in [3.63, 3.8) is 0 Å². The van der Waals surface area contributed by atoms with Gasteiger partial charge in [-0.3, -0.25) is 4.79 Å². The fourth-order valence-corrected chi connectivity index (χ4v) is 3.53. The van der Waals surface area contributed by atoms with Crippen LogP contribution in [0.2, 0.25) is 0 Å². The van der Waals surface area contributed by atoms with E-state index in [2.05, 4.69) is 0 Å². The molecular formula is C20H24O8. The highest BCUT2D eigenvalue weighted by molar-refractivity contribution is 6.23. The fourth-order valence-electron chi connectivity index (χ4n) is 3.53. The van der Waals surface area contributed by atoms with E-state index in [1.54, 1.807) is 36.4 Å². The Bertz CT molecular complexity index is 799. The van der Waals surface area contributed by atoms with Crippen LogP contribution in [-0.2, 0) is 16.0 Å². The summed E-state index contributed by atoms with van der Waals surface area (Å²) in [5.74, 6) is -2.47. The third kappa shape index (κ3) is 3.75. The topological polar surface area (TPSA) is 148 Å². The van der Waals surface area contributed by atoms with Gasteiger partial charge in [-0.1, -0.05) is 36.4 Å². The number of carbonyl (C=O) groups is 1. The van der Waals surface area contributed by atoms with E-state index >= 15 is 0 Å². The Morgan fingerprint density at radius 2 is 1.93 bits per heavy atom. The number of hydrogen-bond donors (Lipinski definition) is 6. The number of allylic oxidation sites excluding steroid dienone is 4. The standard InChI is InChI=1S/C20H24O8/c21-10-15-17(24)18(25)19(26)20(27,28-15)9-8-11-4-3-6-13(16(11)23)12-5-1-2-7-14(12)22/h1-6,15,17-19,21,23-27H,7-10H2/t15-,17-,18+,19+,20+/m1/s1. The first kappa shape index (κ1) is 20.7. The lowest BCUT2D eigenvalue weighted by Crippen LogP contribution is -2.65. The van der Waals surface area contributed by atoms with E-state index in [1.165, 1.54) is 0 Å². The molecule has 0 bridgehead atoms. The molecule has 1 heterocycles. The number of phenols is 1. The average Bonchev–Trinajstić information content (AvgIpc) is 2.69. The Labute approximate surface area is 161 Å². The number of benzene rings is 1. The van der Waals surface area contributed by atoms with Gasteiger partial charge in [0, 0.05) is 24.0 Å². The molecule has 8 nitrogen and oxygen atoms in total. The predicted molar refractivity (Wildman–Crippen MR) is 98.1 cm³/mol. The summed E-state index contributed by atoms with van der Waals surface area (Å²) < 4.78 is 5.23. The van der Waals surface area contributed by atoms with Crippen molar-refractivity contribution in [1.82, 2.24) is 0 Å². The van der Waals surface area contributed by atoms with Gasteiger partial charge in [-0.25, -0.2) is 0 Å². The van der Waals surface area contributed by atoms with Crippen LogP contribution >= 0.6 is 0 Å². The van der Waals surface area contributed by atoms with E-state index in [0.29, 0.717) is 16.7 Å². The molecule has 0 spiro atoms. The summed E-state index contributed by atoms with van der Waals surface area (Å²) in [5.41, 5.74) is 1.16. The third-order valence-corrected chi connectivity index (χ3v) is 5.22. The van der Waals surface area contributed by atoms with Gasteiger partial charge in [0.05, 0.1) is 6.61 Å². The molecule has 0 amide bonds. The molecule has 3 rings (SSSR count). The van der Waals surface area contributed by atoms with Crippen LogP contribution in [0.3, 0.4) is 0 Å². The number of Topliss-reactive ketones (excluding diaryl/α,β-unsaturated/α-hetero) is 1. The zero-order valence-electron chi connectivity index (χ0n) is 15.1. The van der Waals surface area contributed by atoms with Gasteiger partial charge in [-0.05, 0) is 12.0 Å². The van der Waals surface area contributed by atoms with Crippen molar-refractivity contribution in [1.29, 1.82) is 0 Å². The smallest absolute Gasteiger partial charge is 0.195 e. The maximum atomic E-state index is 12.1. The van der Waals surface area contributed by atoms with Crippen molar-refractivity contribution < 1.29 is 40.2 Å². The van der Waals surface area contributed by atoms with Crippen molar-refractivity contribution in [2.24, 2.45) is 0 Å². The molecule has 8 heteroatoms. The van der Waals surface area contributed by atoms with Gasteiger partial charge in [-0.2, -0.15) is 0 Å². The van der Waals surface area contributed by atoms with Gasteiger partial charge in [0.2, 0.25) is 0 Å². The average molecular weight is 392 g/mol. The summed E-state index contributed by atoms with van der Waals surface area (Å²) in [5, 5.41) is 60.3. The number of aliphatic hydroxyl groups is 5. The second-order valence-corrected chi connectivity index (χ2v) is 7.06. The molecule has 5 atom stereocenters. The molecule has 1 fully saturated rings. The van der Waals surface area contributed by atoms with Crippen molar-refractivity contribution in [3.8, 4) is 5.75 Å². The maximum Gasteiger partial charge on any atom is 0.195 e. The molecular weight excluding hydrogens is 368 g/mol. The molecule has 1 aliphatic carbocycles. The van der Waals surface area contributed by atoms with Crippen LogP contribution in [-0.4, -0.2) is 73.2 Å². The van der Waals surface area contributed by atoms with Crippen LogP contribution in [0.15, 0.2) is 36.4 Å². The molecule has 0 aromatic heterocycles. The molecule has 0 unspecified atom stereocenters. The number of aromatic hydroxyl groups is 1. The lowest BCUT2D eigenvalue weighted by molar-refractivity contribution is -0.351. The van der Waals surface area contributed by atoms with Gasteiger partial charge in [0.25, 0.3) is 0 Å². The molecule has 1 aliphatic heterocycles. The summed E-state index contributed by atoms with van der Waals surface area (Å²) in [6.07, 6.45) is -1.16. The van der Waals surface area contributed by atoms with Crippen LogP contribution in [0.4, 0.5) is 0 Å². The monoisotopic (exact) mass is 392 g/mol. The first-order chi connectivity index (χ1) is 13.3. The lowest BCUT2D eigenvalue weighted by Gasteiger charge is -2.45. The van der Waals surface area contributed by atoms with Crippen molar-refractivity contribution in [2.45, 2.75) is 49.5 Å². The van der Waals surface area contributed by atoms with E-state index in [4.69, 9.17) is 4.74 Å². The highest BCUT2D eigenvalue weighted by Crippen LogP contribution is 2.35. The van der Waals surface area contributed by atoms with Gasteiger partial charge in [-0.15, -0.1) is 0 Å². The van der Waals surface area contributed by atoms with Crippen molar-refractivity contribution in [3.05, 3.63) is 47.6 Å². The maximum absolute atomic E-state index is 12.1. The minimum absolute atomic E-state index is 0.0471. The van der Waals surface area contributed by atoms with Gasteiger partial charge < -0.3 is 35.4 Å². The minimum atomic E-state index is -2.23. The molecule has 2 aliphatic rings. The van der Waals surface area contributed by atoms with Crippen LogP contribution < -0.4 is 0 Å². The number of ketones is 1. The largest absolute Gasteiger partial charge is 0.507 e. The first-order valence-corrected chi connectivity index (χ1v) is 9.05. The van der Waals surface area contributed by atoms with Crippen molar-refractivity contribution in [2.75, 3.05) is 6.61 Å². The number of aliphatic hydroxyl groups excluding tert-OH is 4. The number of ether oxygens (including phenoxy) is 1. The number of para-hydroxylation sites is 1.